The highest BCUT2D eigenvalue weighted by molar-refractivity contribution is 7.99. The molecule has 0 aliphatic rings. The molecule has 22 heavy (non-hydrogen) atoms. The first kappa shape index (κ1) is 13.2. The Labute approximate surface area is 133 Å². The van der Waals surface area contributed by atoms with E-state index in [0.717, 1.165) is 20.6 Å². The Kier molecular flexibility index (Phi) is 3.24. The van der Waals surface area contributed by atoms with Gasteiger partial charge in [-0.3, -0.25) is 5.11 Å². The first-order valence-corrected chi connectivity index (χ1v) is 7.99. The molecule has 0 aliphatic carbocycles. The van der Waals surface area contributed by atoms with Crippen LogP contribution in [0.15, 0.2) is 88.7 Å². The summed E-state index contributed by atoms with van der Waals surface area (Å²) in [6.45, 7) is 0. The van der Waals surface area contributed by atoms with E-state index in [-0.39, 0.29) is 5.75 Å². The van der Waals surface area contributed by atoms with Crippen LogP contribution in [-0.4, -0.2) is 0 Å². The van der Waals surface area contributed by atoms with Crippen molar-refractivity contribution in [2.75, 3.05) is 0 Å². The summed E-state index contributed by atoms with van der Waals surface area (Å²) in [6, 6.07) is 26.2. The van der Waals surface area contributed by atoms with Crippen LogP contribution >= 0.6 is 11.8 Å². The smallest absolute Gasteiger partial charge is 0.200 e. The van der Waals surface area contributed by atoms with Gasteiger partial charge >= 0.3 is 0 Å². The van der Waals surface area contributed by atoms with Crippen LogP contribution in [0.25, 0.3) is 21.5 Å². The van der Waals surface area contributed by atoms with Crippen molar-refractivity contribution in [3.05, 3.63) is 78.9 Å². The molecular formula is C20H13OS. The van der Waals surface area contributed by atoms with Crippen LogP contribution < -0.4 is 0 Å². The number of benzene rings is 4. The van der Waals surface area contributed by atoms with Crippen LogP contribution in [0.1, 0.15) is 0 Å². The van der Waals surface area contributed by atoms with E-state index in [1.54, 1.807) is 11.8 Å². The number of fused-ring (bicyclic) bond motifs is 2. The normalized spacial score (nSPS) is 11.1. The van der Waals surface area contributed by atoms with Gasteiger partial charge in [-0.25, -0.2) is 0 Å². The van der Waals surface area contributed by atoms with Crippen molar-refractivity contribution in [1.29, 1.82) is 0 Å². The maximum Gasteiger partial charge on any atom is 0.200 e. The van der Waals surface area contributed by atoms with Gasteiger partial charge in [0, 0.05) is 10.3 Å². The Balaban J connectivity index is 1.84. The fourth-order valence-corrected chi connectivity index (χ4v) is 3.72. The van der Waals surface area contributed by atoms with Gasteiger partial charge in [0.15, 0.2) is 5.75 Å². The highest BCUT2D eigenvalue weighted by atomic mass is 32.2. The van der Waals surface area contributed by atoms with Crippen molar-refractivity contribution in [2.45, 2.75) is 9.79 Å². The zero-order valence-corrected chi connectivity index (χ0v) is 12.6. The zero-order chi connectivity index (χ0) is 14.9. The standard InChI is InChI=1S/C20H13OS/c21-20-17-10-4-2-7-15(17)12-13-19(20)22-18-11-5-8-14-6-1-3-9-16(14)18/h1-13H. The summed E-state index contributed by atoms with van der Waals surface area (Å²) in [6.07, 6.45) is 0. The Morgan fingerprint density at radius 1 is 0.545 bits per heavy atom. The van der Waals surface area contributed by atoms with E-state index in [9.17, 15) is 5.11 Å². The molecule has 105 valence electrons. The molecule has 0 atom stereocenters. The second-order valence-corrected chi connectivity index (χ2v) is 6.28. The molecule has 0 bridgehead atoms. The topological polar surface area (TPSA) is 19.9 Å². The van der Waals surface area contributed by atoms with Crippen LogP contribution in [0.5, 0.6) is 5.75 Å². The average Bonchev–Trinajstić information content (AvgIpc) is 2.58. The molecule has 2 heteroatoms. The van der Waals surface area contributed by atoms with Gasteiger partial charge in [0.25, 0.3) is 0 Å². The van der Waals surface area contributed by atoms with Gasteiger partial charge < -0.3 is 0 Å². The Morgan fingerprint density at radius 2 is 1.18 bits per heavy atom. The summed E-state index contributed by atoms with van der Waals surface area (Å²) in [5, 5.41) is 16.8. The fraction of sp³-hybridized carbons (Fsp3) is 0. The number of rotatable bonds is 2. The average molecular weight is 301 g/mol. The summed E-state index contributed by atoms with van der Waals surface area (Å²) < 4.78 is 0. The lowest BCUT2D eigenvalue weighted by atomic mass is 10.1. The van der Waals surface area contributed by atoms with Gasteiger partial charge in [-0.1, -0.05) is 78.5 Å². The highest BCUT2D eigenvalue weighted by Crippen LogP contribution is 2.41. The van der Waals surface area contributed by atoms with Crippen molar-refractivity contribution in [2.24, 2.45) is 0 Å². The van der Waals surface area contributed by atoms with Crippen molar-refractivity contribution >= 4 is 33.3 Å². The van der Waals surface area contributed by atoms with Crippen LogP contribution in [0.3, 0.4) is 0 Å². The lowest BCUT2D eigenvalue weighted by molar-refractivity contribution is 0.350. The highest BCUT2D eigenvalue weighted by Gasteiger charge is 2.11. The molecule has 0 fully saturated rings. The van der Waals surface area contributed by atoms with E-state index >= 15 is 0 Å². The van der Waals surface area contributed by atoms with Gasteiger partial charge in [0.1, 0.15) is 0 Å². The third kappa shape index (κ3) is 2.22. The molecule has 0 aliphatic heterocycles. The minimum absolute atomic E-state index is 0.107. The molecule has 1 radical (unpaired) electrons. The van der Waals surface area contributed by atoms with Gasteiger partial charge in [0.2, 0.25) is 0 Å². The lowest BCUT2D eigenvalue weighted by Gasteiger charge is -2.08. The molecule has 0 heterocycles. The van der Waals surface area contributed by atoms with Gasteiger partial charge in [-0.2, -0.15) is 0 Å². The Bertz CT molecular complexity index is 970. The largest absolute Gasteiger partial charge is 0.288 e. The SMILES string of the molecule is [O]c1c(Sc2cccc3ccccc23)ccc2ccccc12. The molecule has 4 aromatic carbocycles. The quantitative estimate of drug-likeness (QED) is 0.426. The maximum atomic E-state index is 12.6. The number of hydrogen-bond donors (Lipinski definition) is 0. The van der Waals surface area contributed by atoms with E-state index < -0.39 is 0 Å². The summed E-state index contributed by atoms with van der Waals surface area (Å²) >= 11 is 1.55. The molecule has 0 unspecified atom stereocenters. The molecule has 0 saturated carbocycles. The minimum Gasteiger partial charge on any atom is -0.288 e. The molecule has 1 nitrogen and oxygen atoms in total. The van der Waals surface area contributed by atoms with Crippen LogP contribution in [0, 0.1) is 0 Å². The van der Waals surface area contributed by atoms with Gasteiger partial charge in [-0.05, 0) is 28.3 Å². The Hall–Kier alpha value is -2.45. The zero-order valence-electron chi connectivity index (χ0n) is 11.8. The summed E-state index contributed by atoms with van der Waals surface area (Å²) in [5.74, 6) is 0.107. The first-order chi connectivity index (χ1) is 10.8. The lowest BCUT2D eigenvalue weighted by Crippen LogP contribution is -1.80. The minimum atomic E-state index is 0.107. The molecule has 0 amide bonds. The van der Waals surface area contributed by atoms with Gasteiger partial charge in [0.05, 0.1) is 4.90 Å². The molecular weight excluding hydrogens is 288 g/mol. The second-order valence-electron chi connectivity index (χ2n) is 5.19. The molecule has 0 N–H and O–H groups in total. The monoisotopic (exact) mass is 301 g/mol. The van der Waals surface area contributed by atoms with Gasteiger partial charge in [-0.15, -0.1) is 0 Å². The molecule has 0 spiro atoms. The fourth-order valence-electron chi connectivity index (χ4n) is 2.71. The van der Waals surface area contributed by atoms with E-state index in [1.807, 2.05) is 54.6 Å². The van der Waals surface area contributed by atoms with Crippen molar-refractivity contribution < 1.29 is 5.11 Å². The molecule has 4 aromatic rings. The van der Waals surface area contributed by atoms with E-state index in [1.165, 1.54) is 10.8 Å². The second kappa shape index (κ2) is 5.39. The van der Waals surface area contributed by atoms with E-state index in [2.05, 4.69) is 24.3 Å². The first-order valence-electron chi connectivity index (χ1n) is 7.17. The van der Waals surface area contributed by atoms with E-state index in [0.29, 0.717) is 0 Å². The summed E-state index contributed by atoms with van der Waals surface area (Å²) in [4.78, 5) is 1.89. The number of hydrogen-bond acceptors (Lipinski definition) is 1. The van der Waals surface area contributed by atoms with Crippen LogP contribution in [-0.2, 0) is 5.11 Å². The van der Waals surface area contributed by atoms with Crippen LogP contribution in [0.4, 0.5) is 0 Å². The summed E-state index contributed by atoms with van der Waals surface area (Å²) in [5.41, 5.74) is 0. The van der Waals surface area contributed by atoms with Crippen molar-refractivity contribution in [3.63, 3.8) is 0 Å². The third-order valence-electron chi connectivity index (χ3n) is 3.81. The van der Waals surface area contributed by atoms with Crippen molar-refractivity contribution in [1.82, 2.24) is 0 Å². The van der Waals surface area contributed by atoms with Crippen molar-refractivity contribution in [3.8, 4) is 5.75 Å². The summed E-state index contributed by atoms with van der Waals surface area (Å²) in [7, 11) is 0. The third-order valence-corrected chi connectivity index (χ3v) is 4.93. The predicted octanol–water partition coefficient (Wildman–Crippen LogP) is 6.29. The Morgan fingerprint density at radius 3 is 2.00 bits per heavy atom. The predicted molar refractivity (Wildman–Crippen MR) is 92.2 cm³/mol. The molecule has 0 aromatic heterocycles. The maximum absolute atomic E-state index is 12.6. The van der Waals surface area contributed by atoms with Crippen LogP contribution in [0.2, 0.25) is 0 Å². The molecule has 0 saturated heterocycles. The molecule has 4 rings (SSSR count). The van der Waals surface area contributed by atoms with E-state index in [4.69, 9.17) is 0 Å².